The maximum Gasteiger partial charge on any atom is 0.0449 e. The molecule has 2 aromatic rings. The summed E-state index contributed by atoms with van der Waals surface area (Å²) in [5, 5.41) is 17.8. The van der Waals surface area contributed by atoms with Crippen molar-refractivity contribution in [2.24, 2.45) is 0 Å². The van der Waals surface area contributed by atoms with Crippen LogP contribution < -0.4 is 0 Å². The standard InChI is InChI=1S/2C11H17NO/c2*1-12(2)11(8-9-13)10-6-4-3-5-7-10/h2*3-7,11,13H,8-9H2,1-2H3/t2*11-/m00/s1. The quantitative estimate of drug-likeness (QED) is 0.760. The zero-order valence-corrected chi connectivity index (χ0v) is 16.5. The van der Waals surface area contributed by atoms with Gasteiger partial charge in [-0.25, -0.2) is 0 Å². The fraction of sp³-hybridized carbons (Fsp3) is 0.455. The van der Waals surface area contributed by atoms with E-state index in [0.717, 1.165) is 12.8 Å². The van der Waals surface area contributed by atoms with E-state index in [1.807, 2.05) is 64.6 Å². The average Bonchev–Trinajstić information content (AvgIpc) is 2.65. The second kappa shape index (κ2) is 12.6. The van der Waals surface area contributed by atoms with Gasteiger partial charge in [0.25, 0.3) is 0 Å². The molecule has 0 aliphatic heterocycles. The van der Waals surface area contributed by atoms with Crippen molar-refractivity contribution < 1.29 is 10.2 Å². The molecule has 2 atom stereocenters. The third kappa shape index (κ3) is 7.67. The maximum absolute atomic E-state index is 8.92. The molecule has 2 rings (SSSR count). The van der Waals surface area contributed by atoms with Crippen molar-refractivity contribution >= 4 is 0 Å². The van der Waals surface area contributed by atoms with Gasteiger partial charge >= 0.3 is 0 Å². The Morgan fingerprint density at radius 1 is 0.615 bits per heavy atom. The number of aliphatic hydroxyl groups excluding tert-OH is 2. The number of nitrogens with zero attached hydrogens (tertiary/aromatic N) is 2. The third-order valence-electron chi connectivity index (χ3n) is 4.42. The Balaban J connectivity index is 0.000000260. The fourth-order valence-electron chi connectivity index (χ4n) is 3.04. The molecule has 26 heavy (non-hydrogen) atoms. The van der Waals surface area contributed by atoms with Crippen molar-refractivity contribution in [2.75, 3.05) is 41.4 Å². The van der Waals surface area contributed by atoms with Gasteiger partial charge in [0.1, 0.15) is 0 Å². The number of rotatable bonds is 8. The van der Waals surface area contributed by atoms with Gasteiger partial charge < -0.3 is 20.0 Å². The Morgan fingerprint density at radius 3 is 1.15 bits per heavy atom. The van der Waals surface area contributed by atoms with Gasteiger partial charge in [0.05, 0.1) is 0 Å². The summed E-state index contributed by atoms with van der Waals surface area (Å²) in [6, 6.07) is 21.2. The molecule has 144 valence electrons. The van der Waals surface area contributed by atoms with Crippen molar-refractivity contribution in [1.82, 2.24) is 9.80 Å². The maximum atomic E-state index is 8.92. The molecule has 0 saturated carbocycles. The Hall–Kier alpha value is -1.72. The van der Waals surface area contributed by atoms with Crippen LogP contribution in [-0.4, -0.2) is 61.4 Å². The summed E-state index contributed by atoms with van der Waals surface area (Å²) in [6.45, 7) is 0.468. The fourth-order valence-corrected chi connectivity index (χ4v) is 3.04. The first-order chi connectivity index (χ1) is 12.5. The molecule has 0 aliphatic carbocycles. The van der Waals surface area contributed by atoms with Crippen molar-refractivity contribution in [3.63, 3.8) is 0 Å². The first kappa shape index (κ1) is 22.3. The lowest BCUT2D eigenvalue weighted by atomic mass is 10.0. The molecule has 0 unspecified atom stereocenters. The highest BCUT2D eigenvalue weighted by molar-refractivity contribution is 5.19. The highest BCUT2D eigenvalue weighted by Gasteiger charge is 2.12. The van der Waals surface area contributed by atoms with Crippen LogP contribution in [0, 0.1) is 0 Å². The van der Waals surface area contributed by atoms with Crippen LogP contribution in [0.5, 0.6) is 0 Å². The Bertz CT molecular complexity index is 520. The predicted molar refractivity (Wildman–Crippen MR) is 109 cm³/mol. The Labute approximate surface area is 158 Å². The number of benzene rings is 2. The van der Waals surface area contributed by atoms with Crippen LogP contribution in [0.2, 0.25) is 0 Å². The van der Waals surface area contributed by atoms with Crippen LogP contribution in [0.25, 0.3) is 0 Å². The molecule has 4 heteroatoms. The van der Waals surface area contributed by atoms with Crippen LogP contribution in [0.4, 0.5) is 0 Å². The lowest BCUT2D eigenvalue weighted by molar-refractivity contribution is 0.210. The third-order valence-corrected chi connectivity index (χ3v) is 4.42. The summed E-state index contributed by atoms with van der Waals surface area (Å²) in [7, 11) is 8.14. The SMILES string of the molecule is CN(C)[C@@H](CCO)c1ccccc1.CN(C)[C@@H](CCO)c1ccccc1. The van der Waals surface area contributed by atoms with Crippen molar-refractivity contribution in [1.29, 1.82) is 0 Å². The molecule has 2 aromatic carbocycles. The monoisotopic (exact) mass is 358 g/mol. The molecular formula is C22H34N2O2. The van der Waals surface area contributed by atoms with Crippen molar-refractivity contribution in [3.8, 4) is 0 Å². The highest BCUT2D eigenvalue weighted by atomic mass is 16.3. The van der Waals surface area contributed by atoms with Crippen LogP contribution >= 0.6 is 0 Å². The van der Waals surface area contributed by atoms with Gasteiger partial charge in [-0.2, -0.15) is 0 Å². The van der Waals surface area contributed by atoms with E-state index in [9.17, 15) is 0 Å². The molecular weight excluding hydrogens is 324 g/mol. The van der Waals surface area contributed by atoms with Crippen molar-refractivity contribution in [2.45, 2.75) is 24.9 Å². The van der Waals surface area contributed by atoms with E-state index in [1.54, 1.807) is 0 Å². The predicted octanol–water partition coefficient (Wildman–Crippen LogP) is 3.34. The minimum Gasteiger partial charge on any atom is -0.396 e. The highest BCUT2D eigenvalue weighted by Crippen LogP contribution is 2.21. The largest absolute Gasteiger partial charge is 0.396 e. The summed E-state index contributed by atoms with van der Waals surface area (Å²) >= 11 is 0. The topological polar surface area (TPSA) is 46.9 Å². The lowest BCUT2D eigenvalue weighted by Gasteiger charge is -2.23. The Kier molecular flexibility index (Phi) is 10.8. The van der Waals surface area contributed by atoms with Crippen LogP contribution in [0.3, 0.4) is 0 Å². The van der Waals surface area contributed by atoms with Gasteiger partial charge in [0.2, 0.25) is 0 Å². The van der Waals surface area contributed by atoms with E-state index in [-0.39, 0.29) is 13.2 Å². The lowest BCUT2D eigenvalue weighted by Crippen LogP contribution is -2.20. The molecule has 0 aliphatic rings. The smallest absolute Gasteiger partial charge is 0.0449 e. The van der Waals surface area contributed by atoms with E-state index in [2.05, 4.69) is 34.1 Å². The summed E-state index contributed by atoms with van der Waals surface area (Å²) < 4.78 is 0. The zero-order chi connectivity index (χ0) is 19.4. The van der Waals surface area contributed by atoms with Gasteiger partial charge in [-0.05, 0) is 52.2 Å². The second-order valence-electron chi connectivity index (χ2n) is 6.80. The molecule has 0 aromatic heterocycles. The van der Waals surface area contributed by atoms with Gasteiger partial charge in [0.15, 0.2) is 0 Å². The summed E-state index contributed by atoms with van der Waals surface area (Å²) in [6.07, 6.45) is 1.58. The first-order valence-corrected chi connectivity index (χ1v) is 9.15. The zero-order valence-electron chi connectivity index (χ0n) is 16.5. The summed E-state index contributed by atoms with van der Waals surface area (Å²) in [5.74, 6) is 0. The normalized spacial score (nSPS) is 13.2. The molecule has 0 fully saturated rings. The van der Waals surface area contributed by atoms with E-state index >= 15 is 0 Å². The number of aliphatic hydroxyl groups is 2. The average molecular weight is 359 g/mol. The molecule has 0 amide bonds. The molecule has 0 bridgehead atoms. The van der Waals surface area contributed by atoms with Crippen LogP contribution in [0.15, 0.2) is 60.7 Å². The molecule has 0 radical (unpaired) electrons. The van der Waals surface area contributed by atoms with Crippen LogP contribution in [-0.2, 0) is 0 Å². The van der Waals surface area contributed by atoms with E-state index < -0.39 is 0 Å². The van der Waals surface area contributed by atoms with Crippen LogP contribution in [0.1, 0.15) is 36.1 Å². The Morgan fingerprint density at radius 2 is 0.923 bits per heavy atom. The molecule has 2 N–H and O–H groups in total. The molecule has 0 saturated heterocycles. The van der Waals surface area contributed by atoms with Gasteiger partial charge in [-0.3, -0.25) is 0 Å². The van der Waals surface area contributed by atoms with Gasteiger partial charge in [-0.15, -0.1) is 0 Å². The van der Waals surface area contributed by atoms with Gasteiger partial charge in [-0.1, -0.05) is 60.7 Å². The second-order valence-corrected chi connectivity index (χ2v) is 6.80. The number of hydrogen-bond donors (Lipinski definition) is 2. The molecule has 0 heterocycles. The minimum absolute atomic E-state index is 0.234. The van der Waals surface area contributed by atoms with E-state index in [4.69, 9.17) is 10.2 Å². The minimum atomic E-state index is 0.234. The molecule has 4 nitrogen and oxygen atoms in total. The van der Waals surface area contributed by atoms with Gasteiger partial charge in [0, 0.05) is 25.3 Å². The first-order valence-electron chi connectivity index (χ1n) is 9.15. The van der Waals surface area contributed by atoms with E-state index in [1.165, 1.54) is 11.1 Å². The summed E-state index contributed by atoms with van der Waals surface area (Å²) in [4.78, 5) is 4.26. The number of hydrogen-bond acceptors (Lipinski definition) is 4. The summed E-state index contributed by atoms with van der Waals surface area (Å²) in [5.41, 5.74) is 2.53. The molecule has 0 spiro atoms. The van der Waals surface area contributed by atoms with E-state index in [0.29, 0.717) is 12.1 Å². The van der Waals surface area contributed by atoms with Crippen molar-refractivity contribution in [3.05, 3.63) is 71.8 Å².